The molecule has 0 amide bonds. The molecular weight excluding hydrogens is 224 g/mol. The van der Waals surface area contributed by atoms with E-state index in [4.69, 9.17) is 0 Å². The molecule has 0 aromatic carbocycles. The number of sulfone groups is 1. The van der Waals surface area contributed by atoms with Crippen molar-refractivity contribution in [2.24, 2.45) is 0 Å². The van der Waals surface area contributed by atoms with Crippen LogP contribution >= 0.6 is 0 Å². The minimum absolute atomic E-state index is 0.275. The second kappa shape index (κ2) is 5.98. The molecule has 0 N–H and O–H groups in total. The molecular formula is C11H24N2O2S. The van der Waals surface area contributed by atoms with Crippen LogP contribution in [-0.4, -0.2) is 69.5 Å². The zero-order chi connectivity index (χ0) is 12.2. The van der Waals surface area contributed by atoms with Crippen LogP contribution in [0.25, 0.3) is 0 Å². The monoisotopic (exact) mass is 248 g/mol. The maximum Gasteiger partial charge on any atom is 0.148 e. The fourth-order valence-corrected chi connectivity index (χ4v) is 2.79. The summed E-state index contributed by atoms with van der Waals surface area (Å²) in [5, 5.41) is 0. The molecule has 1 saturated heterocycles. The first-order chi connectivity index (χ1) is 7.42. The predicted octanol–water partition coefficient (Wildman–Crippen LogP) is 0.447. The summed E-state index contributed by atoms with van der Waals surface area (Å²) in [6.07, 6.45) is 3.63. The van der Waals surface area contributed by atoms with E-state index in [0.717, 1.165) is 32.5 Å². The quantitative estimate of drug-likeness (QED) is 0.708. The third-order valence-electron chi connectivity index (χ3n) is 3.44. The summed E-state index contributed by atoms with van der Waals surface area (Å²) < 4.78 is 22.2. The van der Waals surface area contributed by atoms with Crippen LogP contribution < -0.4 is 0 Å². The standard InChI is InChI=1S/C11H24N2O2S/c1-4-13-7-5-11(6-8-13)12(2)9-10-16(3,14)15/h11H,4-10H2,1-3H3. The van der Waals surface area contributed by atoms with E-state index >= 15 is 0 Å². The fraction of sp³-hybridized carbons (Fsp3) is 1.00. The second-order valence-electron chi connectivity index (χ2n) is 4.78. The summed E-state index contributed by atoms with van der Waals surface area (Å²) >= 11 is 0. The van der Waals surface area contributed by atoms with Gasteiger partial charge >= 0.3 is 0 Å². The molecule has 1 rings (SSSR count). The molecule has 0 aromatic heterocycles. The summed E-state index contributed by atoms with van der Waals surface area (Å²) in [4.78, 5) is 4.65. The van der Waals surface area contributed by atoms with Crippen molar-refractivity contribution in [3.05, 3.63) is 0 Å². The largest absolute Gasteiger partial charge is 0.303 e. The van der Waals surface area contributed by atoms with Crippen LogP contribution in [0, 0.1) is 0 Å². The number of rotatable bonds is 5. The lowest BCUT2D eigenvalue weighted by Crippen LogP contribution is -2.44. The van der Waals surface area contributed by atoms with Crippen molar-refractivity contribution in [2.45, 2.75) is 25.8 Å². The van der Waals surface area contributed by atoms with E-state index in [1.165, 1.54) is 6.26 Å². The summed E-state index contributed by atoms with van der Waals surface area (Å²) in [6.45, 7) is 6.26. The number of nitrogens with zero attached hydrogens (tertiary/aromatic N) is 2. The van der Waals surface area contributed by atoms with Gasteiger partial charge in [-0.3, -0.25) is 0 Å². The Morgan fingerprint density at radius 2 is 1.88 bits per heavy atom. The molecule has 0 aliphatic carbocycles. The molecule has 0 radical (unpaired) electrons. The first-order valence-corrected chi connectivity index (χ1v) is 8.08. The molecule has 4 nitrogen and oxygen atoms in total. The molecule has 96 valence electrons. The van der Waals surface area contributed by atoms with Gasteiger partial charge in [0.2, 0.25) is 0 Å². The average Bonchev–Trinajstić information content (AvgIpc) is 2.25. The smallest absolute Gasteiger partial charge is 0.148 e. The lowest BCUT2D eigenvalue weighted by atomic mass is 10.0. The van der Waals surface area contributed by atoms with Gasteiger partial charge < -0.3 is 9.80 Å². The van der Waals surface area contributed by atoms with Gasteiger partial charge in [0.15, 0.2) is 0 Å². The molecule has 0 saturated carbocycles. The van der Waals surface area contributed by atoms with Crippen LogP contribution in [0.1, 0.15) is 19.8 Å². The normalized spacial score (nSPS) is 20.5. The molecule has 1 fully saturated rings. The van der Waals surface area contributed by atoms with Gasteiger partial charge in [-0.1, -0.05) is 6.92 Å². The van der Waals surface area contributed by atoms with Gasteiger partial charge in [0.1, 0.15) is 9.84 Å². The van der Waals surface area contributed by atoms with Gasteiger partial charge in [-0.15, -0.1) is 0 Å². The lowest BCUT2D eigenvalue weighted by molar-refractivity contribution is 0.136. The van der Waals surface area contributed by atoms with E-state index < -0.39 is 9.84 Å². The maximum atomic E-state index is 11.1. The SMILES string of the molecule is CCN1CCC(N(C)CCS(C)(=O)=O)CC1. The molecule has 1 aliphatic rings. The molecule has 0 aromatic rings. The molecule has 5 heteroatoms. The Kier molecular flexibility index (Phi) is 5.21. The summed E-state index contributed by atoms with van der Waals surface area (Å²) in [5.41, 5.74) is 0. The van der Waals surface area contributed by atoms with Crippen LogP contribution in [0.15, 0.2) is 0 Å². The van der Waals surface area contributed by atoms with Gasteiger partial charge in [0, 0.05) is 18.8 Å². The van der Waals surface area contributed by atoms with Gasteiger partial charge in [0.05, 0.1) is 5.75 Å². The molecule has 1 aliphatic heterocycles. The topological polar surface area (TPSA) is 40.6 Å². The Morgan fingerprint density at radius 1 is 1.31 bits per heavy atom. The molecule has 0 bridgehead atoms. The van der Waals surface area contributed by atoms with Crippen LogP contribution in [0.2, 0.25) is 0 Å². The lowest BCUT2D eigenvalue weighted by Gasteiger charge is -2.36. The van der Waals surface area contributed by atoms with Gasteiger partial charge in [-0.25, -0.2) is 8.42 Å². The minimum atomic E-state index is -2.83. The van der Waals surface area contributed by atoms with E-state index in [9.17, 15) is 8.42 Å². The van der Waals surface area contributed by atoms with E-state index in [1.54, 1.807) is 0 Å². The fourth-order valence-electron chi connectivity index (χ4n) is 2.17. The number of hydrogen-bond acceptors (Lipinski definition) is 4. The zero-order valence-electron chi connectivity index (χ0n) is 10.6. The van der Waals surface area contributed by atoms with Gasteiger partial charge in [-0.05, 0) is 39.5 Å². The molecule has 0 unspecified atom stereocenters. The molecule has 16 heavy (non-hydrogen) atoms. The zero-order valence-corrected chi connectivity index (χ0v) is 11.5. The average molecular weight is 248 g/mol. The Labute approximate surface area is 99.5 Å². The predicted molar refractivity (Wildman–Crippen MR) is 67.5 cm³/mol. The van der Waals surface area contributed by atoms with E-state index in [1.807, 2.05) is 7.05 Å². The van der Waals surface area contributed by atoms with Crippen molar-refractivity contribution in [3.8, 4) is 0 Å². The van der Waals surface area contributed by atoms with Gasteiger partial charge in [0.25, 0.3) is 0 Å². The highest BCUT2D eigenvalue weighted by molar-refractivity contribution is 7.90. The number of piperidine rings is 1. The Bertz CT molecular complexity index is 295. The summed E-state index contributed by atoms with van der Waals surface area (Å²) in [5.74, 6) is 0.275. The van der Waals surface area contributed by atoms with Crippen LogP contribution in [0.3, 0.4) is 0 Å². The van der Waals surface area contributed by atoms with E-state index in [-0.39, 0.29) is 5.75 Å². The van der Waals surface area contributed by atoms with Crippen molar-refractivity contribution in [3.63, 3.8) is 0 Å². The minimum Gasteiger partial charge on any atom is -0.303 e. The first kappa shape index (κ1) is 13.9. The Morgan fingerprint density at radius 3 is 2.31 bits per heavy atom. The maximum absolute atomic E-state index is 11.1. The first-order valence-electron chi connectivity index (χ1n) is 6.02. The molecule has 1 heterocycles. The second-order valence-corrected chi connectivity index (χ2v) is 7.04. The Hall–Kier alpha value is -0.130. The summed E-state index contributed by atoms with van der Waals surface area (Å²) in [7, 11) is -0.786. The highest BCUT2D eigenvalue weighted by Gasteiger charge is 2.21. The van der Waals surface area contributed by atoms with Crippen LogP contribution in [0.5, 0.6) is 0 Å². The number of hydrogen-bond donors (Lipinski definition) is 0. The van der Waals surface area contributed by atoms with E-state index in [2.05, 4.69) is 16.7 Å². The molecule has 0 atom stereocenters. The molecule has 0 spiro atoms. The van der Waals surface area contributed by atoms with Crippen LogP contribution in [-0.2, 0) is 9.84 Å². The van der Waals surface area contributed by atoms with Crippen molar-refractivity contribution in [2.75, 3.05) is 45.2 Å². The van der Waals surface area contributed by atoms with Gasteiger partial charge in [-0.2, -0.15) is 0 Å². The van der Waals surface area contributed by atoms with Crippen LogP contribution in [0.4, 0.5) is 0 Å². The third kappa shape index (κ3) is 4.80. The van der Waals surface area contributed by atoms with Crippen molar-refractivity contribution < 1.29 is 8.42 Å². The Balaban J connectivity index is 2.30. The summed E-state index contributed by atoms with van der Waals surface area (Å²) in [6, 6.07) is 0.560. The third-order valence-corrected chi connectivity index (χ3v) is 4.37. The van der Waals surface area contributed by atoms with Crippen molar-refractivity contribution in [1.29, 1.82) is 0 Å². The van der Waals surface area contributed by atoms with Crippen molar-refractivity contribution in [1.82, 2.24) is 9.80 Å². The van der Waals surface area contributed by atoms with Crippen molar-refractivity contribution >= 4 is 9.84 Å². The highest BCUT2D eigenvalue weighted by Crippen LogP contribution is 2.14. The number of likely N-dealkylation sites (tertiary alicyclic amines) is 1. The highest BCUT2D eigenvalue weighted by atomic mass is 32.2. The van der Waals surface area contributed by atoms with E-state index in [0.29, 0.717) is 12.6 Å².